The maximum atomic E-state index is 11.2. The molecule has 3 heteroatoms. The van der Waals surface area contributed by atoms with Gasteiger partial charge in [0.05, 0.1) is 12.7 Å². The number of rotatable bonds is 2. The van der Waals surface area contributed by atoms with Gasteiger partial charge in [-0.2, -0.15) is 0 Å². The molecule has 80 valence electrons. The molecule has 1 saturated carbocycles. The van der Waals surface area contributed by atoms with Crippen molar-refractivity contribution >= 4 is 5.97 Å². The molecule has 0 heterocycles. The van der Waals surface area contributed by atoms with Gasteiger partial charge < -0.3 is 10.5 Å². The van der Waals surface area contributed by atoms with Crippen molar-refractivity contribution in [2.24, 2.45) is 5.73 Å². The molecule has 0 radical (unpaired) electrons. The van der Waals surface area contributed by atoms with Gasteiger partial charge in [-0.15, -0.1) is 0 Å². The van der Waals surface area contributed by atoms with Crippen LogP contribution in [-0.2, 0) is 10.3 Å². The van der Waals surface area contributed by atoms with Crippen LogP contribution in [0.1, 0.15) is 35.2 Å². The van der Waals surface area contributed by atoms with Gasteiger partial charge in [-0.3, -0.25) is 0 Å². The van der Waals surface area contributed by atoms with Crippen LogP contribution in [0, 0.1) is 0 Å². The normalized spacial score (nSPS) is 18.0. The number of ether oxygens (including phenoxy) is 1. The van der Waals surface area contributed by atoms with Crippen LogP contribution in [-0.4, -0.2) is 13.1 Å². The van der Waals surface area contributed by atoms with E-state index in [1.165, 1.54) is 13.5 Å². The minimum Gasteiger partial charge on any atom is -0.465 e. The van der Waals surface area contributed by atoms with Crippen molar-refractivity contribution in [2.45, 2.75) is 24.8 Å². The summed E-state index contributed by atoms with van der Waals surface area (Å²) in [6.07, 6.45) is 3.25. The Morgan fingerprint density at radius 1 is 1.33 bits per heavy atom. The number of methoxy groups -OCH3 is 1. The highest BCUT2D eigenvalue weighted by Crippen LogP contribution is 2.38. The second kappa shape index (κ2) is 3.66. The van der Waals surface area contributed by atoms with E-state index in [1.54, 1.807) is 12.1 Å². The average Bonchev–Trinajstić information content (AvgIpc) is 2.25. The molecular formula is C12H15NO2. The van der Waals surface area contributed by atoms with E-state index in [0.717, 1.165) is 18.4 Å². The summed E-state index contributed by atoms with van der Waals surface area (Å²) < 4.78 is 4.63. The summed E-state index contributed by atoms with van der Waals surface area (Å²) >= 11 is 0. The van der Waals surface area contributed by atoms with Gasteiger partial charge in [-0.1, -0.05) is 12.1 Å². The largest absolute Gasteiger partial charge is 0.465 e. The van der Waals surface area contributed by atoms with Crippen molar-refractivity contribution in [3.63, 3.8) is 0 Å². The number of hydrogen-bond acceptors (Lipinski definition) is 3. The third-order valence-electron chi connectivity index (χ3n) is 3.13. The molecule has 3 nitrogen and oxygen atoms in total. The van der Waals surface area contributed by atoms with Crippen LogP contribution in [0.2, 0.25) is 0 Å². The average molecular weight is 205 g/mol. The van der Waals surface area contributed by atoms with Crippen molar-refractivity contribution in [3.8, 4) is 0 Å². The standard InChI is InChI=1S/C12H15NO2/c1-15-11(14)9-3-5-10(6-4-9)12(13)7-2-8-12/h3-6H,2,7-8,13H2,1H3. The van der Waals surface area contributed by atoms with Crippen molar-refractivity contribution in [3.05, 3.63) is 35.4 Å². The number of hydrogen-bond donors (Lipinski definition) is 1. The lowest BCUT2D eigenvalue weighted by Crippen LogP contribution is -2.43. The molecule has 1 fully saturated rings. The van der Waals surface area contributed by atoms with E-state index in [-0.39, 0.29) is 11.5 Å². The van der Waals surface area contributed by atoms with Crippen LogP contribution in [0.3, 0.4) is 0 Å². The second-order valence-electron chi connectivity index (χ2n) is 4.08. The van der Waals surface area contributed by atoms with Gasteiger partial charge >= 0.3 is 5.97 Å². The van der Waals surface area contributed by atoms with E-state index in [9.17, 15) is 4.79 Å². The summed E-state index contributed by atoms with van der Waals surface area (Å²) in [5.74, 6) is -0.304. The van der Waals surface area contributed by atoms with Crippen LogP contribution in [0.15, 0.2) is 24.3 Å². The molecule has 1 aliphatic carbocycles. The molecule has 0 saturated heterocycles. The smallest absolute Gasteiger partial charge is 0.337 e. The minimum absolute atomic E-state index is 0.158. The summed E-state index contributed by atoms with van der Waals surface area (Å²) in [6, 6.07) is 7.39. The highest BCUT2D eigenvalue weighted by atomic mass is 16.5. The Balaban J connectivity index is 2.20. The van der Waals surface area contributed by atoms with Crippen molar-refractivity contribution in [1.29, 1.82) is 0 Å². The molecule has 1 aliphatic rings. The molecule has 0 aliphatic heterocycles. The van der Waals surface area contributed by atoms with E-state index in [1.807, 2.05) is 12.1 Å². The summed E-state index contributed by atoms with van der Waals surface area (Å²) in [5.41, 5.74) is 7.69. The first-order chi connectivity index (χ1) is 7.15. The number of carbonyl (C=O) groups is 1. The third-order valence-corrected chi connectivity index (χ3v) is 3.13. The Bertz CT molecular complexity index is 366. The predicted octanol–water partition coefficient (Wildman–Crippen LogP) is 1.81. The molecule has 15 heavy (non-hydrogen) atoms. The first-order valence-electron chi connectivity index (χ1n) is 5.13. The molecule has 0 spiro atoms. The maximum absolute atomic E-state index is 11.2. The van der Waals surface area contributed by atoms with Crippen LogP contribution in [0.5, 0.6) is 0 Å². The fraction of sp³-hybridized carbons (Fsp3) is 0.417. The van der Waals surface area contributed by atoms with Gasteiger partial charge in [0, 0.05) is 5.54 Å². The third kappa shape index (κ3) is 1.75. The van der Waals surface area contributed by atoms with Gasteiger partial charge in [0.1, 0.15) is 0 Å². The monoisotopic (exact) mass is 205 g/mol. The zero-order chi connectivity index (χ0) is 10.9. The Morgan fingerprint density at radius 2 is 1.93 bits per heavy atom. The molecule has 2 N–H and O–H groups in total. The van der Waals surface area contributed by atoms with Crippen molar-refractivity contribution < 1.29 is 9.53 Å². The fourth-order valence-corrected chi connectivity index (χ4v) is 1.90. The zero-order valence-corrected chi connectivity index (χ0v) is 8.82. The SMILES string of the molecule is COC(=O)c1ccc(C2(N)CCC2)cc1. The lowest BCUT2D eigenvalue weighted by Gasteiger charge is -2.38. The summed E-state index contributed by atoms with van der Waals surface area (Å²) in [6.45, 7) is 0. The molecule has 0 bridgehead atoms. The summed E-state index contributed by atoms with van der Waals surface area (Å²) in [7, 11) is 1.38. The molecule has 2 rings (SSSR count). The van der Waals surface area contributed by atoms with Gasteiger partial charge in [-0.05, 0) is 37.0 Å². The predicted molar refractivity (Wildman–Crippen MR) is 57.5 cm³/mol. The molecule has 0 amide bonds. The maximum Gasteiger partial charge on any atom is 0.337 e. The number of benzene rings is 1. The summed E-state index contributed by atoms with van der Waals surface area (Å²) in [4.78, 5) is 11.2. The van der Waals surface area contributed by atoms with Crippen LogP contribution in [0.25, 0.3) is 0 Å². The lowest BCUT2D eigenvalue weighted by molar-refractivity contribution is 0.0600. The molecule has 0 unspecified atom stereocenters. The number of esters is 1. The van der Waals surface area contributed by atoms with Crippen molar-refractivity contribution in [1.82, 2.24) is 0 Å². The first kappa shape index (κ1) is 10.2. The van der Waals surface area contributed by atoms with Gasteiger partial charge in [0.2, 0.25) is 0 Å². The summed E-state index contributed by atoms with van der Waals surface area (Å²) in [5, 5.41) is 0. The van der Waals surface area contributed by atoms with Gasteiger partial charge in [-0.25, -0.2) is 4.79 Å². The Labute approximate surface area is 89.2 Å². The number of nitrogens with two attached hydrogens (primary N) is 1. The second-order valence-corrected chi connectivity index (χ2v) is 4.08. The molecule has 1 aromatic carbocycles. The molecule has 0 aromatic heterocycles. The highest BCUT2D eigenvalue weighted by molar-refractivity contribution is 5.89. The van der Waals surface area contributed by atoms with E-state index < -0.39 is 0 Å². The minimum atomic E-state index is -0.304. The Kier molecular flexibility index (Phi) is 2.49. The van der Waals surface area contributed by atoms with Crippen LogP contribution in [0.4, 0.5) is 0 Å². The van der Waals surface area contributed by atoms with Crippen LogP contribution >= 0.6 is 0 Å². The quantitative estimate of drug-likeness (QED) is 0.749. The van der Waals surface area contributed by atoms with Gasteiger partial charge in [0.25, 0.3) is 0 Å². The molecular weight excluding hydrogens is 190 g/mol. The molecule has 0 atom stereocenters. The van der Waals surface area contributed by atoms with Crippen molar-refractivity contribution in [2.75, 3.05) is 7.11 Å². The topological polar surface area (TPSA) is 52.3 Å². The highest BCUT2D eigenvalue weighted by Gasteiger charge is 2.34. The lowest BCUT2D eigenvalue weighted by atomic mass is 9.73. The number of carbonyl (C=O) groups excluding carboxylic acids is 1. The fourth-order valence-electron chi connectivity index (χ4n) is 1.90. The Morgan fingerprint density at radius 3 is 2.33 bits per heavy atom. The van der Waals surface area contributed by atoms with E-state index in [0.29, 0.717) is 5.56 Å². The van der Waals surface area contributed by atoms with Gasteiger partial charge in [0.15, 0.2) is 0 Å². The van der Waals surface area contributed by atoms with Crippen LogP contribution < -0.4 is 5.73 Å². The first-order valence-corrected chi connectivity index (χ1v) is 5.13. The zero-order valence-electron chi connectivity index (χ0n) is 8.82. The Hall–Kier alpha value is -1.35. The van der Waals surface area contributed by atoms with E-state index >= 15 is 0 Å². The van der Waals surface area contributed by atoms with E-state index in [4.69, 9.17) is 5.73 Å². The molecule has 1 aromatic rings. The van der Waals surface area contributed by atoms with E-state index in [2.05, 4.69) is 4.74 Å².